The summed E-state index contributed by atoms with van der Waals surface area (Å²) < 4.78 is 18.6. The summed E-state index contributed by atoms with van der Waals surface area (Å²) in [5.74, 6) is 0.447. The smallest absolute Gasteiger partial charge is 0.338 e. The van der Waals surface area contributed by atoms with Crippen LogP contribution in [0.25, 0.3) is 6.08 Å². The lowest BCUT2D eigenvalue weighted by Crippen LogP contribution is -2.40. The lowest BCUT2D eigenvalue weighted by atomic mass is 9.95. The van der Waals surface area contributed by atoms with Gasteiger partial charge in [0.25, 0.3) is 5.56 Å². The van der Waals surface area contributed by atoms with Crippen LogP contribution in [0.15, 0.2) is 87.8 Å². The van der Waals surface area contributed by atoms with E-state index >= 15 is 0 Å². The van der Waals surface area contributed by atoms with E-state index in [1.54, 1.807) is 43.3 Å². The number of benzene rings is 3. The number of nitrogens with zero attached hydrogens (tertiary/aromatic N) is 3. The lowest BCUT2D eigenvalue weighted by Gasteiger charge is -2.25. The number of halogens is 1. The Bertz CT molecular complexity index is 1900. The molecule has 1 aliphatic rings. The van der Waals surface area contributed by atoms with Crippen molar-refractivity contribution in [2.75, 3.05) is 14.2 Å². The van der Waals surface area contributed by atoms with Gasteiger partial charge in [0, 0.05) is 16.1 Å². The van der Waals surface area contributed by atoms with Crippen LogP contribution in [0.1, 0.15) is 35.2 Å². The number of methoxy groups -OCH3 is 2. The van der Waals surface area contributed by atoms with Crippen molar-refractivity contribution in [3.05, 3.63) is 125 Å². The highest BCUT2D eigenvalue weighted by Gasteiger charge is 2.35. The zero-order chi connectivity index (χ0) is 29.1. The fourth-order valence-electron chi connectivity index (χ4n) is 4.61. The number of hydrogen-bond acceptors (Lipinski definition) is 8. The van der Waals surface area contributed by atoms with Crippen molar-refractivity contribution < 1.29 is 19.0 Å². The third-order valence-electron chi connectivity index (χ3n) is 6.60. The predicted octanol–water partition coefficient (Wildman–Crippen LogP) is 4.52. The third kappa shape index (κ3) is 5.53. The number of hydrogen-bond donors (Lipinski definition) is 0. The van der Waals surface area contributed by atoms with Gasteiger partial charge in [-0.1, -0.05) is 53.3 Å². The van der Waals surface area contributed by atoms with Gasteiger partial charge in [-0.2, -0.15) is 5.26 Å². The summed E-state index contributed by atoms with van der Waals surface area (Å²) in [7, 11) is 2.80. The second-order valence-electron chi connectivity index (χ2n) is 9.09. The molecule has 2 heterocycles. The largest absolute Gasteiger partial charge is 0.496 e. The van der Waals surface area contributed by atoms with Crippen molar-refractivity contribution in [2.24, 2.45) is 4.99 Å². The number of fused-ring (bicyclic) bond motifs is 1. The van der Waals surface area contributed by atoms with Crippen molar-refractivity contribution >= 4 is 35.0 Å². The van der Waals surface area contributed by atoms with E-state index < -0.39 is 12.0 Å². The van der Waals surface area contributed by atoms with Gasteiger partial charge in [-0.05, 0) is 55.0 Å². The van der Waals surface area contributed by atoms with Crippen LogP contribution in [0.2, 0.25) is 5.02 Å². The first-order valence-corrected chi connectivity index (χ1v) is 13.7. The molecule has 1 aromatic heterocycles. The number of rotatable bonds is 7. The van der Waals surface area contributed by atoms with Gasteiger partial charge in [-0.15, -0.1) is 0 Å². The van der Waals surface area contributed by atoms with E-state index in [2.05, 4.69) is 11.1 Å². The van der Waals surface area contributed by atoms with Gasteiger partial charge in [-0.3, -0.25) is 9.36 Å². The highest BCUT2D eigenvalue weighted by molar-refractivity contribution is 7.07. The van der Waals surface area contributed by atoms with E-state index in [-0.39, 0.29) is 17.7 Å². The normalized spacial score (nSPS) is 14.6. The quantitative estimate of drug-likeness (QED) is 0.296. The summed E-state index contributed by atoms with van der Waals surface area (Å²) in [6.45, 7) is 1.99. The molecule has 0 N–H and O–H groups in total. The maximum Gasteiger partial charge on any atom is 0.338 e. The fraction of sp³-hybridized carbons (Fsp3) is 0.161. The molecule has 1 aliphatic heterocycles. The van der Waals surface area contributed by atoms with Crippen LogP contribution in [0.3, 0.4) is 0 Å². The molecular weight excluding hydrogens is 562 g/mol. The number of carbonyl (C=O) groups excluding carboxylic acids is 1. The van der Waals surface area contributed by atoms with Gasteiger partial charge in [0.2, 0.25) is 0 Å². The van der Waals surface area contributed by atoms with Gasteiger partial charge >= 0.3 is 5.97 Å². The average molecular weight is 586 g/mol. The maximum absolute atomic E-state index is 14.0. The summed E-state index contributed by atoms with van der Waals surface area (Å²) >= 11 is 7.55. The summed E-state index contributed by atoms with van der Waals surface area (Å²) in [5.41, 5.74) is 3.03. The molecule has 0 saturated heterocycles. The molecule has 0 saturated carbocycles. The molecule has 5 rings (SSSR count). The number of esters is 1. The van der Waals surface area contributed by atoms with Crippen molar-refractivity contribution in [2.45, 2.75) is 19.6 Å². The first-order valence-electron chi connectivity index (χ1n) is 12.5. The molecular formula is C31H24ClN3O5S. The minimum atomic E-state index is -0.864. The summed E-state index contributed by atoms with van der Waals surface area (Å²) in [4.78, 5) is 32.0. The number of aromatic nitrogens is 1. The van der Waals surface area contributed by atoms with Crippen LogP contribution in [-0.2, 0) is 16.1 Å². The maximum atomic E-state index is 14.0. The molecule has 0 amide bonds. The molecule has 41 heavy (non-hydrogen) atoms. The Morgan fingerprint density at radius 3 is 2.59 bits per heavy atom. The van der Waals surface area contributed by atoms with E-state index in [1.807, 2.05) is 36.4 Å². The molecule has 0 radical (unpaired) electrons. The number of carbonyl (C=O) groups is 1. The summed E-state index contributed by atoms with van der Waals surface area (Å²) in [6, 6.07) is 20.8. The standard InChI is InChI=1S/C31H24ClN3O5S/c1-18-27(30(37)39-3)28(23-15-22(32)12-13-25(23)38-2)35-29(36)26(41-31(35)34-18)14-21-6-4-5-7-24(21)40-17-20-10-8-19(16-33)9-11-20/h4-15,28H,17H2,1-3H3/b26-14-/t28-/m0/s1. The number of para-hydroxylation sites is 1. The molecule has 8 nitrogen and oxygen atoms in total. The summed E-state index contributed by atoms with van der Waals surface area (Å²) in [5, 5.41) is 9.45. The van der Waals surface area contributed by atoms with Crippen molar-refractivity contribution in [3.8, 4) is 17.6 Å². The Morgan fingerprint density at radius 1 is 1.12 bits per heavy atom. The third-order valence-corrected chi connectivity index (χ3v) is 7.81. The molecule has 0 fully saturated rings. The number of allylic oxidation sites excluding steroid dienone is 1. The highest BCUT2D eigenvalue weighted by atomic mass is 35.5. The number of nitriles is 1. The minimum absolute atomic E-state index is 0.221. The van der Waals surface area contributed by atoms with Crippen LogP contribution in [0.4, 0.5) is 0 Å². The fourth-order valence-corrected chi connectivity index (χ4v) is 5.83. The molecule has 0 aliphatic carbocycles. The van der Waals surface area contributed by atoms with Gasteiger partial charge in [0.05, 0.1) is 41.7 Å². The van der Waals surface area contributed by atoms with E-state index in [1.165, 1.54) is 30.1 Å². The van der Waals surface area contributed by atoms with Crippen molar-refractivity contribution in [3.63, 3.8) is 0 Å². The van der Waals surface area contributed by atoms with Crippen LogP contribution in [-0.4, -0.2) is 24.8 Å². The van der Waals surface area contributed by atoms with E-state index in [0.717, 1.165) is 5.56 Å². The molecule has 4 aromatic rings. The molecule has 1 atom stereocenters. The topological polar surface area (TPSA) is 103 Å². The number of thiazole rings is 1. The second-order valence-corrected chi connectivity index (χ2v) is 10.5. The Kier molecular flexibility index (Phi) is 8.06. The van der Waals surface area contributed by atoms with Gasteiger partial charge in [0.1, 0.15) is 24.1 Å². The molecule has 0 bridgehead atoms. The zero-order valence-corrected chi connectivity index (χ0v) is 24.0. The molecule has 0 spiro atoms. The Balaban J connectivity index is 1.61. The Labute approximate surface area is 244 Å². The second kappa shape index (κ2) is 11.8. The summed E-state index contributed by atoms with van der Waals surface area (Å²) in [6.07, 6.45) is 1.75. The van der Waals surface area contributed by atoms with Crippen molar-refractivity contribution in [1.82, 2.24) is 4.57 Å². The van der Waals surface area contributed by atoms with Crippen molar-refractivity contribution in [1.29, 1.82) is 5.26 Å². The first kappa shape index (κ1) is 27.9. The molecule has 0 unspecified atom stereocenters. The van der Waals surface area contributed by atoms with Crippen LogP contribution < -0.4 is 24.4 Å². The first-order chi connectivity index (χ1) is 19.8. The SMILES string of the molecule is COC(=O)C1=C(C)N=c2s/c(=C\c3ccccc3OCc3ccc(C#N)cc3)c(=O)n2[C@H]1c1cc(Cl)ccc1OC. The molecule has 3 aromatic carbocycles. The minimum Gasteiger partial charge on any atom is -0.496 e. The van der Waals surface area contributed by atoms with Gasteiger partial charge in [0.15, 0.2) is 4.80 Å². The highest BCUT2D eigenvalue weighted by Crippen LogP contribution is 2.37. The average Bonchev–Trinajstić information content (AvgIpc) is 3.29. The van der Waals surface area contributed by atoms with E-state index in [9.17, 15) is 9.59 Å². The molecule has 10 heteroatoms. The van der Waals surface area contributed by atoms with Crippen LogP contribution in [0, 0.1) is 11.3 Å². The predicted molar refractivity (Wildman–Crippen MR) is 156 cm³/mol. The lowest BCUT2D eigenvalue weighted by molar-refractivity contribution is -0.136. The van der Waals surface area contributed by atoms with E-state index in [4.69, 9.17) is 31.1 Å². The monoisotopic (exact) mass is 585 g/mol. The Hall–Kier alpha value is -4.65. The van der Waals surface area contributed by atoms with Gasteiger partial charge < -0.3 is 14.2 Å². The van der Waals surface area contributed by atoms with Gasteiger partial charge in [-0.25, -0.2) is 9.79 Å². The van der Waals surface area contributed by atoms with E-state index in [0.29, 0.717) is 48.2 Å². The zero-order valence-electron chi connectivity index (χ0n) is 22.4. The van der Waals surface area contributed by atoms with Crippen LogP contribution in [0.5, 0.6) is 11.5 Å². The Morgan fingerprint density at radius 2 is 1.88 bits per heavy atom. The number of ether oxygens (including phenoxy) is 3. The van der Waals surface area contributed by atoms with Crippen LogP contribution >= 0.6 is 22.9 Å². The molecule has 206 valence electrons.